The van der Waals surface area contributed by atoms with E-state index in [9.17, 15) is 14.4 Å². The van der Waals surface area contributed by atoms with Gasteiger partial charge in [-0.1, -0.05) is 35.4 Å². The first kappa shape index (κ1) is 15.0. The molecule has 0 saturated carbocycles. The summed E-state index contributed by atoms with van der Waals surface area (Å²) >= 11 is 0. The number of carbonyl (C=O) groups is 3. The molecule has 0 aliphatic carbocycles. The van der Waals surface area contributed by atoms with Gasteiger partial charge in [-0.25, -0.2) is 4.79 Å². The zero-order valence-electron chi connectivity index (χ0n) is 13.0. The second kappa shape index (κ2) is 5.83. The lowest BCUT2D eigenvalue weighted by atomic mass is 10.1. The van der Waals surface area contributed by atoms with E-state index in [1.54, 1.807) is 24.4 Å². The van der Waals surface area contributed by atoms with Crippen LogP contribution in [0.3, 0.4) is 0 Å². The number of hydroxylamine groups is 2. The van der Waals surface area contributed by atoms with Crippen molar-refractivity contribution in [1.29, 1.82) is 0 Å². The van der Waals surface area contributed by atoms with Crippen molar-refractivity contribution in [2.45, 2.75) is 6.42 Å². The van der Waals surface area contributed by atoms with E-state index in [4.69, 9.17) is 4.84 Å². The molecular weight excluding hydrogens is 320 g/mol. The van der Waals surface area contributed by atoms with E-state index in [2.05, 4.69) is 4.98 Å². The Labute approximate surface area is 142 Å². The minimum absolute atomic E-state index is 0.0730. The van der Waals surface area contributed by atoms with Crippen molar-refractivity contribution in [2.24, 2.45) is 0 Å². The molecule has 6 nitrogen and oxygen atoms in total. The number of hydrogen-bond acceptors (Lipinski definition) is 5. The lowest BCUT2D eigenvalue weighted by Gasteiger charge is -2.13. The molecule has 1 aliphatic rings. The summed E-state index contributed by atoms with van der Waals surface area (Å²) in [6, 6.07) is 15.5. The highest BCUT2D eigenvalue weighted by Crippen LogP contribution is 2.23. The number of pyridine rings is 1. The Balaban J connectivity index is 1.55. The van der Waals surface area contributed by atoms with Crippen LogP contribution in [0.2, 0.25) is 0 Å². The normalized spacial score (nSPS) is 13.2. The number of para-hydroxylation sites is 1. The Morgan fingerprint density at radius 3 is 2.28 bits per heavy atom. The molecule has 0 spiro atoms. The van der Waals surface area contributed by atoms with Crippen LogP contribution >= 0.6 is 0 Å². The summed E-state index contributed by atoms with van der Waals surface area (Å²) in [7, 11) is 0. The smallest absolute Gasteiger partial charge is 0.329 e. The third-order valence-electron chi connectivity index (χ3n) is 4.02. The van der Waals surface area contributed by atoms with Crippen LogP contribution in [0.4, 0.5) is 0 Å². The van der Waals surface area contributed by atoms with Gasteiger partial charge in [0.1, 0.15) is 0 Å². The molecule has 6 heteroatoms. The first-order valence-electron chi connectivity index (χ1n) is 7.66. The van der Waals surface area contributed by atoms with Gasteiger partial charge in [0.2, 0.25) is 0 Å². The molecule has 0 atom stereocenters. The zero-order valence-corrected chi connectivity index (χ0v) is 13.0. The van der Waals surface area contributed by atoms with Gasteiger partial charge in [0.15, 0.2) is 0 Å². The van der Waals surface area contributed by atoms with E-state index >= 15 is 0 Å². The van der Waals surface area contributed by atoms with Gasteiger partial charge < -0.3 is 4.84 Å². The summed E-state index contributed by atoms with van der Waals surface area (Å²) in [6.07, 6.45) is 1.53. The molecule has 1 aromatic heterocycles. The number of imide groups is 1. The van der Waals surface area contributed by atoms with Gasteiger partial charge in [-0.3, -0.25) is 14.6 Å². The molecule has 25 heavy (non-hydrogen) atoms. The quantitative estimate of drug-likeness (QED) is 0.689. The van der Waals surface area contributed by atoms with E-state index < -0.39 is 17.8 Å². The largest absolute Gasteiger partial charge is 0.337 e. The molecule has 4 rings (SSSR count). The number of fused-ring (bicyclic) bond motifs is 2. The average Bonchev–Trinajstić information content (AvgIpc) is 2.87. The van der Waals surface area contributed by atoms with Gasteiger partial charge in [0, 0.05) is 11.6 Å². The minimum Gasteiger partial charge on any atom is -0.329 e. The predicted molar refractivity (Wildman–Crippen MR) is 88.5 cm³/mol. The highest BCUT2D eigenvalue weighted by atomic mass is 16.7. The molecule has 1 aliphatic heterocycles. The second-order valence-electron chi connectivity index (χ2n) is 5.58. The fourth-order valence-electron chi connectivity index (χ4n) is 2.85. The Hall–Kier alpha value is -3.54. The monoisotopic (exact) mass is 332 g/mol. The van der Waals surface area contributed by atoms with E-state index in [1.165, 1.54) is 12.1 Å². The SMILES string of the molecule is O=C(Cc1ccnc2ccccc12)ON1C(=O)c2ccccc2C1=O. The summed E-state index contributed by atoms with van der Waals surface area (Å²) in [4.78, 5) is 46.0. The van der Waals surface area contributed by atoms with Crippen LogP contribution in [0.15, 0.2) is 60.8 Å². The molecule has 0 unspecified atom stereocenters. The summed E-state index contributed by atoms with van der Waals surface area (Å²) in [5.74, 6) is -1.95. The van der Waals surface area contributed by atoms with Crippen molar-refractivity contribution in [3.8, 4) is 0 Å². The van der Waals surface area contributed by atoms with E-state index in [-0.39, 0.29) is 17.5 Å². The molecule has 0 radical (unpaired) electrons. The molecule has 0 saturated heterocycles. The Bertz CT molecular complexity index is 988. The third-order valence-corrected chi connectivity index (χ3v) is 4.02. The summed E-state index contributed by atoms with van der Waals surface area (Å²) in [6.45, 7) is 0. The van der Waals surface area contributed by atoms with Crippen molar-refractivity contribution in [3.63, 3.8) is 0 Å². The molecule has 3 aromatic rings. The lowest BCUT2D eigenvalue weighted by molar-refractivity contribution is -0.167. The van der Waals surface area contributed by atoms with Crippen molar-refractivity contribution in [3.05, 3.63) is 77.5 Å². The number of aromatic nitrogens is 1. The minimum atomic E-state index is -0.689. The highest BCUT2D eigenvalue weighted by Gasteiger charge is 2.38. The average molecular weight is 332 g/mol. The van der Waals surface area contributed by atoms with Crippen LogP contribution in [0, 0.1) is 0 Å². The van der Waals surface area contributed by atoms with Gasteiger partial charge in [-0.15, -0.1) is 0 Å². The molecule has 2 amide bonds. The Morgan fingerprint density at radius 2 is 1.56 bits per heavy atom. The lowest BCUT2D eigenvalue weighted by Crippen LogP contribution is -2.33. The number of rotatable bonds is 3. The Kier molecular flexibility index (Phi) is 3.50. The summed E-state index contributed by atoms with van der Waals surface area (Å²) in [5.41, 5.74) is 1.94. The number of benzene rings is 2. The predicted octanol–water partition coefficient (Wildman–Crippen LogP) is 2.53. The molecular formula is C19H12N2O4. The zero-order chi connectivity index (χ0) is 17.4. The number of amides is 2. The second-order valence-corrected chi connectivity index (χ2v) is 5.58. The first-order valence-corrected chi connectivity index (χ1v) is 7.66. The molecule has 2 aromatic carbocycles. The van der Waals surface area contributed by atoms with Crippen LogP contribution in [-0.2, 0) is 16.1 Å². The number of hydrogen-bond donors (Lipinski definition) is 0. The van der Waals surface area contributed by atoms with Gasteiger partial charge in [-0.2, -0.15) is 0 Å². The van der Waals surface area contributed by atoms with Crippen molar-refractivity contribution in [1.82, 2.24) is 10.0 Å². The van der Waals surface area contributed by atoms with Crippen LogP contribution in [0.1, 0.15) is 26.3 Å². The highest BCUT2D eigenvalue weighted by molar-refractivity contribution is 6.20. The maximum atomic E-state index is 12.3. The standard InChI is InChI=1S/C19H12N2O4/c22-17(11-12-9-10-20-16-8-4-3-5-13(12)16)25-21-18(23)14-6-1-2-7-15(14)19(21)24/h1-10H,11H2. The van der Waals surface area contributed by atoms with Gasteiger partial charge in [0.25, 0.3) is 11.8 Å². The molecule has 0 fully saturated rings. The fourth-order valence-corrected chi connectivity index (χ4v) is 2.85. The Morgan fingerprint density at radius 1 is 0.920 bits per heavy atom. The van der Waals surface area contributed by atoms with E-state index in [0.29, 0.717) is 10.6 Å². The van der Waals surface area contributed by atoms with Crippen molar-refractivity contribution in [2.75, 3.05) is 0 Å². The fraction of sp³-hybridized carbons (Fsp3) is 0.0526. The van der Waals surface area contributed by atoms with Crippen LogP contribution < -0.4 is 0 Å². The summed E-state index contributed by atoms with van der Waals surface area (Å²) in [5, 5.41) is 1.35. The maximum absolute atomic E-state index is 12.3. The van der Waals surface area contributed by atoms with Crippen LogP contribution in [0.5, 0.6) is 0 Å². The molecule has 122 valence electrons. The van der Waals surface area contributed by atoms with Crippen molar-refractivity contribution < 1.29 is 19.2 Å². The van der Waals surface area contributed by atoms with Gasteiger partial charge in [0.05, 0.1) is 23.1 Å². The first-order chi connectivity index (χ1) is 12.1. The van der Waals surface area contributed by atoms with E-state index in [1.807, 2.05) is 24.3 Å². The van der Waals surface area contributed by atoms with Crippen LogP contribution in [0.25, 0.3) is 10.9 Å². The molecule has 0 bridgehead atoms. The van der Waals surface area contributed by atoms with Gasteiger partial charge in [-0.05, 0) is 29.8 Å². The van der Waals surface area contributed by atoms with E-state index in [0.717, 1.165) is 10.9 Å². The molecule has 2 heterocycles. The van der Waals surface area contributed by atoms with Gasteiger partial charge >= 0.3 is 5.97 Å². The topological polar surface area (TPSA) is 76.6 Å². The van der Waals surface area contributed by atoms with Crippen LogP contribution in [-0.4, -0.2) is 27.8 Å². The third kappa shape index (κ3) is 2.53. The maximum Gasteiger partial charge on any atom is 0.337 e. The number of carbonyl (C=O) groups excluding carboxylic acids is 3. The molecule has 0 N–H and O–H groups in total. The number of nitrogens with zero attached hydrogens (tertiary/aromatic N) is 2. The summed E-state index contributed by atoms with van der Waals surface area (Å²) < 4.78 is 0. The van der Waals surface area contributed by atoms with Crippen molar-refractivity contribution >= 4 is 28.7 Å².